The number of carbonyl (C=O) groups excluding carboxylic acids is 1. The summed E-state index contributed by atoms with van der Waals surface area (Å²) in [6, 6.07) is 12.1. The Morgan fingerprint density at radius 2 is 1.88 bits per heavy atom. The van der Waals surface area contributed by atoms with Crippen LogP contribution in [0.2, 0.25) is 0 Å². The van der Waals surface area contributed by atoms with Crippen molar-refractivity contribution in [2.45, 2.75) is 38.8 Å². The zero-order valence-corrected chi connectivity index (χ0v) is 15.6. The van der Waals surface area contributed by atoms with Crippen LogP contribution in [0.25, 0.3) is 11.1 Å². The number of fused-ring (bicyclic) bond motifs is 1. The Labute approximate surface area is 152 Å². The van der Waals surface area contributed by atoms with Gasteiger partial charge in [0, 0.05) is 5.69 Å². The number of anilines is 1. The fourth-order valence-corrected chi connectivity index (χ4v) is 3.42. The number of hydrogen-bond acceptors (Lipinski definition) is 4. The average Bonchev–Trinajstić information content (AvgIpc) is 3.02. The van der Waals surface area contributed by atoms with Gasteiger partial charge in [0.05, 0.1) is 5.75 Å². The lowest BCUT2D eigenvalue weighted by atomic mass is 10.0. The molecule has 0 aliphatic rings. The highest BCUT2D eigenvalue weighted by atomic mass is 32.2. The molecule has 1 amide bonds. The van der Waals surface area contributed by atoms with Crippen molar-refractivity contribution < 1.29 is 9.21 Å². The predicted octanol–water partition coefficient (Wildman–Crippen LogP) is 4.99. The summed E-state index contributed by atoms with van der Waals surface area (Å²) in [5, 5.41) is 3.59. The number of aryl methyl sites for hydroxylation is 3. The van der Waals surface area contributed by atoms with Gasteiger partial charge in [0.1, 0.15) is 5.52 Å². The first-order chi connectivity index (χ1) is 12.1. The van der Waals surface area contributed by atoms with Crippen LogP contribution in [0.3, 0.4) is 0 Å². The Morgan fingerprint density at radius 1 is 1.16 bits per heavy atom. The van der Waals surface area contributed by atoms with Crippen LogP contribution >= 0.6 is 11.8 Å². The molecule has 1 aromatic heterocycles. The number of rotatable bonds is 6. The van der Waals surface area contributed by atoms with Gasteiger partial charge >= 0.3 is 0 Å². The van der Waals surface area contributed by atoms with Gasteiger partial charge in [-0.3, -0.25) is 4.79 Å². The fraction of sp³-hybridized carbons (Fsp3) is 0.300. The van der Waals surface area contributed by atoms with E-state index in [4.69, 9.17) is 4.42 Å². The molecule has 0 saturated heterocycles. The van der Waals surface area contributed by atoms with E-state index in [0.717, 1.165) is 46.3 Å². The van der Waals surface area contributed by atoms with Crippen molar-refractivity contribution in [3.05, 3.63) is 53.1 Å². The lowest BCUT2D eigenvalue weighted by Crippen LogP contribution is -2.16. The molecule has 3 aromatic rings. The maximum Gasteiger partial charge on any atom is 0.257 e. The third-order valence-corrected chi connectivity index (χ3v) is 4.94. The number of benzene rings is 2. The maximum absolute atomic E-state index is 12.4. The highest BCUT2D eigenvalue weighted by molar-refractivity contribution is 7.99. The summed E-state index contributed by atoms with van der Waals surface area (Å²) in [5.41, 5.74) is 5.98. The van der Waals surface area contributed by atoms with Crippen molar-refractivity contribution in [2.75, 3.05) is 11.1 Å². The third kappa shape index (κ3) is 4.04. The summed E-state index contributed by atoms with van der Waals surface area (Å²) in [6.45, 7) is 6.21. The molecule has 1 N–H and O–H groups in total. The van der Waals surface area contributed by atoms with Crippen LogP contribution in [0.4, 0.5) is 5.69 Å². The summed E-state index contributed by atoms with van der Waals surface area (Å²) in [7, 11) is 0. The van der Waals surface area contributed by atoms with Crippen LogP contribution in [0.15, 0.2) is 46.0 Å². The molecular weight excluding hydrogens is 332 g/mol. The van der Waals surface area contributed by atoms with Gasteiger partial charge in [-0.15, -0.1) is 0 Å². The van der Waals surface area contributed by atoms with Gasteiger partial charge in [-0.05, 0) is 48.6 Å². The molecule has 0 saturated carbocycles. The van der Waals surface area contributed by atoms with Crippen molar-refractivity contribution in [3.63, 3.8) is 0 Å². The zero-order chi connectivity index (χ0) is 17.8. The third-order valence-electron chi connectivity index (χ3n) is 4.11. The van der Waals surface area contributed by atoms with Crippen molar-refractivity contribution in [3.8, 4) is 0 Å². The largest absolute Gasteiger partial charge is 0.431 e. The molecule has 0 aliphatic carbocycles. The molecule has 0 unspecified atom stereocenters. The van der Waals surface area contributed by atoms with Gasteiger partial charge in [-0.25, -0.2) is 4.98 Å². The second-order valence-electron chi connectivity index (χ2n) is 5.95. The minimum Gasteiger partial charge on any atom is -0.431 e. The molecule has 1 heterocycles. The van der Waals surface area contributed by atoms with E-state index in [9.17, 15) is 4.79 Å². The number of nitrogens with zero attached hydrogens (tertiary/aromatic N) is 1. The smallest absolute Gasteiger partial charge is 0.257 e. The van der Waals surface area contributed by atoms with Gasteiger partial charge < -0.3 is 9.73 Å². The van der Waals surface area contributed by atoms with Crippen LogP contribution in [-0.4, -0.2) is 16.6 Å². The number of amides is 1. The Hall–Kier alpha value is -2.27. The second kappa shape index (κ2) is 7.74. The van der Waals surface area contributed by atoms with E-state index in [1.54, 1.807) is 0 Å². The van der Waals surface area contributed by atoms with Crippen molar-refractivity contribution >= 4 is 34.5 Å². The van der Waals surface area contributed by atoms with Gasteiger partial charge in [0.25, 0.3) is 5.22 Å². The zero-order valence-electron chi connectivity index (χ0n) is 14.8. The average molecular weight is 354 g/mol. The van der Waals surface area contributed by atoms with E-state index in [1.807, 2.05) is 31.2 Å². The first-order valence-corrected chi connectivity index (χ1v) is 9.49. The molecule has 25 heavy (non-hydrogen) atoms. The Bertz CT molecular complexity index is 880. The minimum absolute atomic E-state index is 0.0426. The lowest BCUT2D eigenvalue weighted by Gasteiger charge is -2.14. The maximum atomic E-state index is 12.4. The van der Waals surface area contributed by atoms with E-state index in [-0.39, 0.29) is 11.7 Å². The highest BCUT2D eigenvalue weighted by Gasteiger charge is 2.13. The van der Waals surface area contributed by atoms with Crippen molar-refractivity contribution in [1.82, 2.24) is 4.98 Å². The fourth-order valence-electron chi connectivity index (χ4n) is 2.78. The normalized spacial score (nSPS) is 11.0. The highest BCUT2D eigenvalue weighted by Crippen LogP contribution is 2.26. The van der Waals surface area contributed by atoms with E-state index in [1.165, 1.54) is 11.8 Å². The molecular formula is C20H22N2O2S. The van der Waals surface area contributed by atoms with E-state index >= 15 is 0 Å². The first-order valence-electron chi connectivity index (χ1n) is 8.51. The molecule has 0 radical (unpaired) electrons. The number of thioether (sulfide) groups is 1. The Balaban J connectivity index is 1.68. The molecule has 4 nitrogen and oxygen atoms in total. The van der Waals surface area contributed by atoms with E-state index in [2.05, 4.69) is 36.3 Å². The number of para-hydroxylation sites is 1. The van der Waals surface area contributed by atoms with Crippen LogP contribution in [0.1, 0.15) is 30.5 Å². The number of carbonyl (C=O) groups is 1. The number of hydrogen-bond donors (Lipinski definition) is 1. The first kappa shape index (κ1) is 17.5. The Kier molecular flexibility index (Phi) is 5.43. The minimum atomic E-state index is -0.0426. The van der Waals surface area contributed by atoms with Crippen molar-refractivity contribution in [2.24, 2.45) is 0 Å². The lowest BCUT2D eigenvalue weighted by molar-refractivity contribution is -0.113. The summed E-state index contributed by atoms with van der Waals surface area (Å²) < 4.78 is 5.71. The quantitative estimate of drug-likeness (QED) is 0.634. The number of nitrogens with one attached hydrogen (secondary N) is 1. The summed E-state index contributed by atoms with van der Waals surface area (Å²) >= 11 is 1.32. The number of aromatic nitrogens is 1. The molecule has 2 aromatic carbocycles. The van der Waals surface area contributed by atoms with Crippen molar-refractivity contribution in [1.29, 1.82) is 0 Å². The van der Waals surface area contributed by atoms with E-state index in [0.29, 0.717) is 5.22 Å². The summed E-state index contributed by atoms with van der Waals surface area (Å²) in [5.74, 6) is 0.228. The second-order valence-corrected chi connectivity index (χ2v) is 6.87. The van der Waals surface area contributed by atoms with Crippen LogP contribution in [0, 0.1) is 6.92 Å². The summed E-state index contributed by atoms with van der Waals surface area (Å²) in [4.78, 5) is 16.8. The van der Waals surface area contributed by atoms with E-state index < -0.39 is 0 Å². The van der Waals surface area contributed by atoms with Gasteiger partial charge in [-0.2, -0.15) is 0 Å². The summed E-state index contributed by atoms with van der Waals surface area (Å²) in [6.07, 6.45) is 1.78. The monoisotopic (exact) mass is 354 g/mol. The standard InChI is InChI=1S/C20H22N2O2S/c1-4-14-7-6-8-15(5-2)19(14)22-18(23)12-25-20-21-16-10-9-13(3)11-17(16)24-20/h6-11H,4-5,12H2,1-3H3,(H,22,23). The molecule has 0 spiro atoms. The van der Waals surface area contributed by atoms with Gasteiger partial charge in [-0.1, -0.05) is 49.9 Å². The topological polar surface area (TPSA) is 55.1 Å². The number of oxazole rings is 1. The molecule has 0 bridgehead atoms. The molecule has 0 aliphatic heterocycles. The molecule has 0 atom stereocenters. The predicted molar refractivity (Wildman–Crippen MR) is 103 cm³/mol. The molecule has 3 rings (SSSR count). The van der Waals surface area contributed by atoms with Crippen LogP contribution in [-0.2, 0) is 17.6 Å². The van der Waals surface area contributed by atoms with Gasteiger partial charge in [0.2, 0.25) is 5.91 Å². The molecule has 0 fully saturated rings. The molecule has 5 heteroatoms. The van der Waals surface area contributed by atoms with Gasteiger partial charge in [0.15, 0.2) is 5.58 Å². The molecule has 130 valence electrons. The Morgan fingerprint density at radius 3 is 2.56 bits per heavy atom. The van der Waals surface area contributed by atoms with Crippen LogP contribution in [0.5, 0.6) is 0 Å². The van der Waals surface area contributed by atoms with Crippen LogP contribution < -0.4 is 5.32 Å². The SMILES string of the molecule is CCc1cccc(CC)c1NC(=O)CSc1nc2ccc(C)cc2o1.